The van der Waals surface area contributed by atoms with Gasteiger partial charge in [-0.15, -0.1) is 0 Å². The molecule has 0 bridgehead atoms. The van der Waals surface area contributed by atoms with Crippen molar-refractivity contribution >= 4 is 0 Å². The largest absolute Gasteiger partial charge is 0.312 e. The van der Waals surface area contributed by atoms with E-state index in [0.29, 0.717) is 6.54 Å². The summed E-state index contributed by atoms with van der Waals surface area (Å²) >= 11 is 0. The van der Waals surface area contributed by atoms with Crippen LogP contribution in [0.1, 0.15) is 16.8 Å². The average molecular weight is 247 g/mol. The highest BCUT2D eigenvalue weighted by Gasteiger charge is 2.01. The van der Waals surface area contributed by atoms with Gasteiger partial charge in [-0.05, 0) is 36.2 Å². The summed E-state index contributed by atoms with van der Waals surface area (Å²) in [6.07, 6.45) is 2.82. The van der Waals surface area contributed by atoms with Gasteiger partial charge in [0.2, 0.25) is 0 Å². The van der Waals surface area contributed by atoms with Gasteiger partial charge in [0.1, 0.15) is 5.82 Å². The summed E-state index contributed by atoms with van der Waals surface area (Å²) < 4.78 is 14.9. The van der Waals surface area contributed by atoms with Gasteiger partial charge in [-0.1, -0.05) is 6.07 Å². The third-order valence-corrected chi connectivity index (χ3v) is 2.95. The van der Waals surface area contributed by atoms with Crippen LogP contribution in [0.5, 0.6) is 0 Å². The first kappa shape index (κ1) is 12.8. The number of halogens is 1. The van der Waals surface area contributed by atoms with Gasteiger partial charge >= 0.3 is 0 Å². The van der Waals surface area contributed by atoms with E-state index < -0.39 is 0 Å². The Morgan fingerprint density at radius 3 is 2.89 bits per heavy atom. The molecule has 0 atom stereocenters. The molecule has 2 aromatic rings. The molecule has 1 N–H and O–H groups in total. The molecular weight excluding hydrogens is 229 g/mol. The molecule has 3 nitrogen and oxygen atoms in total. The van der Waals surface area contributed by atoms with Gasteiger partial charge in [0.05, 0.1) is 5.69 Å². The van der Waals surface area contributed by atoms with Crippen molar-refractivity contribution in [3.8, 4) is 0 Å². The summed E-state index contributed by atoms with van der Waals surface area (Å²) in [6.45, 7) is 3.53. The van der Waals surface area contributed by atoms with Crippen molar-refractivity contribution in [3.63, 3.8) is 0 Å². The number of aryl methyl sites for hydroxylation is 2. The van der Waals surface area contributed by atoms with Crippen LogP contribution in [0.4, 0.5) is 4.39 Å². The molecule has 2 rings (SSSR count). The Kier molecular flexibility index (Phi) is 4.10. The molecule has 0 radical (unpaired) electrons. The van der Waals surface area contributed by atoms with Gasteiger partial charge in [0, 0.05) is 32.8 Å². The van der Waals surface area contributed by atoms with Gasteiger partial charge in [0.15, 0.2) is 0 Å². The summed E-state index contributed by atoms with van der Waals surface area (Å²) in [4.78, 5) is 0. The Morgan fingerprint density at radius 2 is 2.17 bits per heavy atom. The molecule has 0 aliphatic heterocycles. The van der Waals surface area contributed by atoms with E-state index in [1.54, 1.807) is 10.7 Å². The SMILES string of the molecule is Cc1ccc(F)cc1CNCCc1ccn(C)n1. The monoisotopic (exact) mass is 247 g/mol. The number of hydrogen-bond acceptors (Lipinski definition) is 2. The molecule has 1 aromatic heterocycles. The van der Waals surface area contributed by atoms with Crippen LogP contribution in [0.15, 0.2) is 30.5 Å². The highest BCUT2D eigenvalue weighted by atomic mass is 19.1. The van der Waals surface area contributed by atoms with Crippen LogP contribution in [-0.4, -0.2) is 16.3 Å². The number of benzene rings is 1. The molecule has 0 aliphatic carbocycles. The molecular formula is C14H18FN3. The molecule has 18 heavy (non-hydrogen) atoms. The molecule has 4 heteroatoms. The first-order valence-corrected chi connectivity index (χ1v) is 6.09. The van der Waals surface area contributed by atoms with Gasteiger partial charge in [-0.3, -0.25) is 4.68 Å². The smallest absolute Gasteiger partial charge is 0.123 e. The summed E-state index contributed by atoms with van der Waals surface area (Å²) in [7, 11) is 1.91. The molecule has 0 saturated heterocycles. The fraction of sp³-hybridized carbons (Fsp3) is 0.357. The highest BCUT2D eigenvalue weighted by Crippen LogP contribution is 2.09. The number of nitrogens with zero attached hydrogens (tertiary/aromatic N) is 2. The van der Waals surface area contributed by atoms with Crippen molar-refractivity contribution in [2.75, 3.05) is 6.54 Å². The minimum absolute atomic E-state index is 0.179. The summed E-state index contributed by atoms with van der Waals surface area (Å²) in [5.41, 5.74) is 3.19. The zero-order chi connectivity index (χ0) is 13.0. The van der Waals surface area contributed by atoms with Crippen molar-refractivity contribution in [2.45, 2.75) is 19.9 Å². The quantitative estimate of drug-likeness (QED) is 0.821. The fourth-order valence-corrected chi connectivity index (χ4v) is 1.87. The van der Waals surface area contributed by atoms with E-state index in [2.05, 4.69) is 10.4 Å². The van der Waals surface area contributed by atoms with Gasteiger partial charge in [-0.2, -0.15) is 5.10 Å². The molecule has 0 saturated carbocycles. The minimum atomic E-state index is -0.179. The molecule has 1 heterocycles. The maximum absolute atomic E-state index is 13.1. The Hall–Kier alpha value is -1.68. The summed E-state index contributed by atoms with van der Waals surface area (Å²) in [6, 6.07) is 6.90. The Labute approximate surface area is 107 Å². The minimum Gasteiger partial charge on any atom is -0.312 e. The third kappa shape index (κ3) is 3.40. The van der Waals surface area contributed by atoms with Crippen LogP contribution in [0.25, 0.3) is 0 Å². The highest BCUT2D eigenvalue weighted by molar-refractivity contribution is 5.26. The van der Waals surface area contributed by atoms with Crippen molar-refractivity contribution < 1.29 is 4.39 Å². The van der Waals surface area contributed by atoms with E-state index in [1.165, 1.54) is 6.07 Å². The molecule has 0 spiro atoms. The van der Waals surface area contributed by atoms with Gasteiger partial charge in [0.25, 0.3) is 0 Å². The Balaban J connectivity index is 1.80. The summed E-state index contributed by atoms with van der Waals surface area (Å²) in [5, 5.41) is 7.62. The lowest BCUT2D eigenvalue weighted by atomic mass is 10.1. The topological polar surface area (TPSA) is 29.9 Å². The van der Waals surface area contributed by atoms with Crippen molar-refractivity contribution in [1.29, 1.82) is 0 Å². The molecule has 0 unspecified atom stereocenters. The predicted molar refractivity (Wildman–Crippen MR) is 69.8 cm³/mol. The molecule has 0 aliphatic rings. The average Bonchev–Trinajstić information content (AvgIpc) is 2.75. The van der Waals surface area contributed by atoms with Crippen LogP contribution in [-0.2, 0) is 20.0 Å². The van der Waals surface area contributed by atoms with Crippen LogP contribution in [0.3, 0.4) is 0 Å². The maximum Gasteiger partial charge on any atom is 0.123 e. The molecule has 96 valence electrons. The second-order valence-corrected chi connectivity index (χ2v) is 4.48. The van der Waals surface area contributed by atoms with Gasteiger partial charge in [-0.25, -0.2) is 4.39 Å². The third-order valence-electron chi connectivity index (χ3n) is 2.95. The van der Waals surface area contributed by atoms with Crippen molar-refractivity contribution in [2.24, 2.45) is 7.05 Å². The molecule has 0 amide bonds. The van der Waals surface area contributed by atoms with E-state index in [1.807, 2.05) is 32.3 Å². The lowest BCUT2D eigenvalue weighted by Crippen LogP contribution is -2.17. The van der Waals surface area contributed by atoms with Gasteiger partial charge < -0.3 is 5.32 Å². The zero-order valence-corrected chi connectivity index (χ0v) is 10.8. The van der Waals surface area contributed by atoms with E-state index in [9.17, 15) is 4.39 Å². The first-order valence-electron chi connectivity index (χ1n) is 6.09. The zero-order valence-electron chi connectivity index (χ0n) is 10.8. The molecule has 0 fully saturated rings. The maximum atomic E-state index is 13.1. The standard InChI is InChI=1S/C14H18FN3/c1-11-3-4-13(15)9-12(11)10-16-7-5-14-6-8-18(2)17-14/h3-4,6,8-9,16H,5,7,10H2,1-2H3. The second kappa shape index (κ2) is 5.78. The number of aromatic nitrogens is 2. The van der Waals surface area contributed by atoms with Crippen LogP contribution in [0, 0.1) is 12.7 Å². The lowest BCUT2D eigenvalue weighted by molar-refractivity contribution is 0.617. The van der Waals surface area contributed by atoms with E-state index in [0.717, 1.165) is 29.8 Å². The Bertz CT molecular complexity index is 520. The normalized spacial score (nSPS) is 10.8. The summed E-state index contributed by atoms with van der Waals surface area (Å²) in [5.74, 6) is -0.179. The number of rotatable bonds is 5. The van der Waals surface area contributed by atoms with Crippen LogP contribution >= 0.6 is 0 Å². The van der Waals surface area contributed by atoms with E-state index >= 15 is 0 Å². The predicted octanol–water partition coefficient (Wildman–Crippen LogP) is 2.20. The number of nitrogens with one attached hydrogen (secondary N) is 1. The number of hydrogen-bond donors (Lipinski definition) is 1. The fourth-order valence-electron chi connectivity index (χ4n) is 1.87. The first-order chi connectivity index (χ1) is 8.65. The van der Waals surface area contributed by atoms with E-state index in [4.69, 9.17) is 0 Å². The molecule has 1 aromatic carbocycles. The Morgan fingerprint density at radius 1 is 1.33 bits per heavy atom. The van der Waals surface area contributed by atoms with Crippen molar-refractivity contribution in [1.82, 2.24) is 15.1 Å². The van der Waals surface area contributed by atoms with E-state index in [-0.39, 0.29) is 5.82 Å². The lowest BCUT2D eigenvalue weighted by Gasteiger charge is -2.07. The van der Waals surface area contributed by atoms with Crippen molar-refractivity contribution in [3.05, 3.63) is 53.1 Å². The van der Waals surface area contributed by atoms with Crippen LogP contribution < -0.4 is 5.32 Å². The second-order valence-electron chi connectivity index (χ2n) is 4.48. The van der Waals surface area contributed by atoms with Crippen LogP contribution in [0.2, 0.25) is 0 Å².